The van der Waals surface area contributed by atoms with Gasteiger partial charge in [0.1, 0.15) is 0 Å². The lowest BCUT2D eigenvalue weighted by molar-refractivity contribution is -0.122. The topological polar surface area (TPSA) is 64.3 Å². The Labute approximate surface area is 115 Å². The fraction of sp³-hybridized carbons (Fsp3) is 0.533. The van der Waals surface area contributed by atoms with Crippen LogP contribution >= 0.6 is 0 Å². The Morgan fingerprint density at radius 3 is 2.68 bits per heavy atom. The Morgan fingerprint density at radius 2 is 2.00 bits per heavy atom. The van der Waals surface area contributed by atoms with E-state index in [9.17, 15) is 4.79 Å². The molecule has 19 heavy (non-hydrogen) atoms. The van der Waals surface area contributed by atoms with Crippen LogP contribution in [0.5, 0.6) is 0 Å². The molecule has 1 unspecified atom stereocenters. The zero-order valence-corrected chi connectivity index (χ0v) is 11.6. The molecule has 0 aliphatic rings. The first kappa shape index (κ1) is 15.7. The summed E-state index contributed by atoms with van der Waals surface area (Å²) >= 11 is 0. The summed E-state index contributed by atoms with van der Waals surface area (Å²) in [5.41, 5.74) is 6.97. The van der Waals surface area contributed by atoms with Gasteiger partial charge in [0.2, 0.25) is 5.91 Å². The highest BCUT2D eigenvalue weighted by Crippen LogP contribution is 2.02. The standard InChI is InChI=1S/C15H24N2O2/c1-19-11-7-3-6-10-17-15(18)14(16)12-13-8-4-2-5-9-13/h2,4-5,8-9,14H,3,6-7,10-12,16H2,1H3,(H,17,18). The SMILES string of the molecule is COCCCCCNC(=O)C(N)Cc1ccccc1. The van der Waals surface area contributed by atoms with Gasteiger partial charge in [-0.1, -0.05) is 30.3 Å². The van der Waals surface area contributed by atoms with Crippen LogP contribution in [0.15, 0.2) is 30.3 Å². The number of ether oxygens (including phenoxy) is 1. The van der Waals surface area contributed by atoms with Crippen molar-refractivity contribution in [3.8, 4) is 0 Å². The summed E-state index contributed by atoms with van der Waals surface area (Å²) in [6.45, 7) is 1.46. The van der Waals surface area contributed by atoms with Gasteiger partial charge in [-0.05, 0) is 31.2 Å². The third kappa shape index (κ3) is 6.94. The van der Waals surface area contributed by atoms with Crippen molar-refractivity contribution >= 4 is 5.91 Å². The van der Waals surface area contributed by atoms with Gasteiger partial charge in [-0.2, -0.15) is 0 Å². The highest BCUT2D eigenvalue weighted by molar-refractivity contribution is 5.81. The molecule has 4 heteroatoms. The Balaban J connectivity index is 2.15. The van der Waals surface area contributed by atoms with Crippen LogP contribution in [0.25, 0.3) is 0 Å². The van der Waals surface area contributed by atoms with E-state index in [0.29, 0.717) is 13.0 Å². The van der Waals surface area contributed by atoms with Crippen molar-refractivity contribution in [1.29, 1.82) is 0 Å². The van der Waals surface area contributed by atoms with E-state index in [1.807, 2.05) is 30.3 Å². The predicted octanol–water partition coefficient (Wildman–Crippen LogP) is 1.49. The van der Waals surface area contributed by atoms with Crippen LogP contribution in [0.3, 0.4) is 0 Å². The summed E-state index contributed by atoms with van der Waals surface area (Å²) in [7, 11) is 1.70. The van der Waals surface area contributed by atoms with Gasteiger partial charge in [0.15, 0.2) is 0 Å². The fourth-order valence-electron chi connectivity index (χ4n) is 1.85. The number of rotatable bonds is 9. The van der Waals surface area contributed by atoms with Gasteiger partial charge in [-0.25, -0.2) is 0 Å². The molecule has 3 N–H and O–H groups in total. The highest BCUT2D eigenvalue weighted by Gasteiger charge is 2.12. The molecule has 0 aliphatic carbocycles. The van der Waals surface area contributed by atoms with Gasteiger partial charge in [0.25, 0.3) is 0 Å². The lowest BCUT2D eigenvalue weighted by Crippen LogP contribution is -2.42. The third-order valence-corrected chi connectivity index (χ3v) is 2.96. The van der Waals surface area contributed by atoms with E-state index in [2.05, 4.69) is 5.32 Å². The summed E-state index contributed by atoms with van der Waals surface area (Å²) in [5.74, 6) is -0.0735. The van der Waals surface area contributed by atoms with Gasteiger partial charge in [-0.15, -0.1) is 0 Å². The highest BCUT2D eigenvalue weighted by atomic mass is 16.5. The van der Waals surface area contributed by atoms with Crippen LogP contribution in [-0.4, -0.2) is 32.2 Å². The first-order valence-corrected chi connectivity index (χ1v) is 6.80. The molecular weight excluding hydrogens is 240 g/mol. The lowest BCUT2D eigenvalue weighted by atomic mass is 10.1. The maximum Gasteiger partial charge on any atom is 0.237 e. The van der Waals surface area contributed by atoms with E-state index in [0.717, 1.165) is 31.4 Å². The fourth-order valence-corrected chi connectivity index (χ4v) is 1.85. The Morgan fingerprint density at radius 1 is 1.26 bits per heavy atom. The molecule has 1 rings (SSSR count). The van der Waals surface area contributed by atoms with Gasteiger partial charge in [0, 0.05) is 20.3 Å². The van der Waals surface area contributed by atoms with Crippen LogP contribution in [0, 0.1) is 0 Å². The van der Waals surface area contributed by atoms with Crippen LogP contribution < -0.4 is 11.1 Å². The average molecular weight is 264 g/mol. The van der Waals surface area contributed by atoms with Crippen molar-refractivity contribution < 1.29 is 9.53 Å². The number of benzene rings is 1. The number of methoxy groups -OCH3 is 1. The van der Waals surface area contributed by atoms with Crippen molar-refractivity contribution in [2.75, 3.05) is 20.3 Å². The molecule has 0 saturated heterocycles. The molecule has 0 aliphatic heterocycles. The minimum atomic E-state index is -0.471. The largest absolute Gasteiger partial charge is 0.385 e. The molecule has 4 nitrogen and oxygen atoms in total. The normalized spacial score (nSPS) is 12.1. The first-order valence-electron chi connectivity index (χ1n) is 6.80. The number of nitrogens with two attached hydrogens (primary N) is 1. The molecule has 1 aromatic carbocycles. The zero-order valence-electron chi connectivity index (χ0n) is 11.6. The molecule has 0 fully saturated rings. The van der Waals surface area contributed by atoms with E-state index in [4.69, 9.17) is 10.5 Å². The number of carbonyl (C=O) groups is 1. The summed E-state index contributed by atoms with van der Waals surface area (Å²) in [5, 5.41) is 2.87. The molecule has 1 atom stereocenters. The second kappa shape index (κ2) is 9.53. The molecule has 0 spiro atoms. The molecule has 1 amide bonds. The second-order valence-corrected chi connectivity index (χ2v) is 4.64. The monoisotopic (exact) mass is 264 g/mol. The van der Waals surface area contributed by atoms with Crippen molar-refractivity contribution in [3.05, 3.63) is 35.9 Å². The summed E-state index contributed by atoms with van der Waals surface area (Å²) in [6.07, 6.45) is 3.63. The minimum absolute atomic E-state index is 0.0735. The molecule has 0 heterocycles. The average Bonchev–Trinajstić information content (AvgIpc) is 2.43. The van der Waals surface area contributed by atoms with Crippen LogP contribution in [0.2, 0.25) is 0 Å². The van der Waals surface area contributed by atoms with Crippen LogP contribution in [-0.2, 0) is 16.0 Å². The molecular formula is C15H24N2O2. The molecule has 1 aromatic rings. The molecule has 0 radical (unpaired) electrons. The number of hydrogen-bond donors (Lipinski definition) is 2. The minimum Gasteiger partial charge on any atom is -0.385 e. The number of hydrogen-bond acceptors (Lipinski definition) is 3. The molecule has 0 aromatic heterocycles. The van der Waals surface area contributed by atoms with Gasteiger partial charge >= 0.3 is 0 Å². The Kier molecular flexibility index (Phi) is 7.86. The van der Waals surface area contributed by atoms with E-state index in [-0.39, 0.29) is 5.91 Å². The van der Waals surface area contributed by atoms with Gasteiger partial charge in [-0.3, -0.25) is 4.79 Å². The number of amides is 1. The Bertz CT molecular complexity index is 354. The number of unbranched alkanes of at least 4 members (excludes halogenated alkanes) is 2. The summed E-state index contributed by atoms with van der Waals surface area (Å²) < 4.78 is 4.97. The van der Waals surface area contributed by atoms with E-state index < -0.39 is 6.04 Å². The lowest BCUT2D eigenvalue weighted by Gasteiger charge is -2.12. The quantitative estimate of drug-likeness (QED) is 0.664. The van der Waals surface area contributed by atoms with Gasteiger partial charge in [0.05, 0.1) is 6.04 Å². The van der Waals surface area contributed by atoms with Crippen molar-refractivity contribution in [2.24, 2.45) is 5.73 Å². The van der Waals surface area contributed by atoms with Crippen LogP contribution in [0.1, 0.15) is 24.8 Å². The van der Waals surface area contributed by atoms with E-state index >= 15 is 0 Å². The first-order chi connectivity index (χ1) is 9.24. The van der Waals surface area contributed by atoms with Crippen LogP contribution in [0.4, 0.5) is 0 Å². The third-order valence-electron chi connectivity index (χ3n) is 2.96. The van der Waals surface area contributed by atoms with Crippen molar-refractivity contribution in [2.45, 2.75) is 31.7 Å². The maximum atomic E-state index is 11.8. The Hall–Kier alpha value is -1.39. The summed E-state index contributed by atoms with van der Waals surface area (Å²) in [6, 6.07) is 9.36. The van der Waals surface area contributed by atoms with E-state index in [1.165, 1.54) is 0 Å². The predicted molar refractivity (Wildman–Crippen MR) is 76.9 cm³/mol. The van der Waals surface area contributed by atoms with E-state index in [1.54, 1.807) is 7.11 Å². The molecule has 106 valence electrons. The summed E-state index contributed by atoms with van der Waals surface area (Å²) in [4.78, 5) is 11.8. The second-order valence-electron chi connectivity index (χ2n) is 4.64. The molecule has 0 saturated carbocycles. The number of carbonyl (C=O) groups excluding carboxylic acids is 1. The zero-order chi connectivity index (χ0) is 13.9. The maximum absolute atomic E-state index is 11.8. The van der Waals surface area contributed by atoms with Crippen molar-refractivity contribution in [3.63, 3.8) is 0 Å². The molecule has 0 bridgehead atoms. The van der Waals surface area contributed by atoms with Gasteiger partial charge < -0.3 is 15.8 Å². The smallest absolute Gasteiger partial charge is 0.237 e. The number of nitrogens with one attached hydrogen (secondary N) is 1. The van der Waals surface area contributed by atoms with Crippen molar-refractivity contribution in [1.82, 2.24) is 5.32 Å².